The van der Waals surface area contributed by atoms with Gasteiger partial charge in [0.2, 0.25) is 0 Å². The number of nitrogens with one attached hydrogen (secondary N) is 2. The van der Waals surface area contributed by atoms with E-state index in [9.17, 15) is 22.4 Å². The van der Waals surface area contributed by atoms with Gasteiger partial charge in [0.05, 0.1) is 5.56 Å². The van der Waals surface area contributed by atoms with Crippen LogP contribution < -0.4 is 10.6 Å². The Balaban J connectivity index is 0.00000261. The van der Waals surface area contributed by atoms with Crippen molar-refractivity contribution in [3.8, 4) is 0 Å². The quantitative estimate of drug-likeness (QED) is 0.771. The molecule has 0 saturated carbocycles. The molecular weight excluding hydrogens is 386 g/mol. The van der Waals surface area contributed by atoms with E-state index in [4.69, 9.17) is 0 Å². The van der Waals surface area contributed by atoms with Gasteiger partial charge in [-0.3, -0.25) is 9.78 Å². The van der Waals surface area contributed by atoms with Crippen molar-refractivity contribution in [1.82, 2.24) is 15.6 Å². The Morgan fingerprint density at radius 1 is 1.19 bits per heavy atom. The van der Waals surface area contributed by atoms with Crippen LogP contribution >= 0.6 is 12.4 Å². The van der Waals surface area contributed by atoms with Crippen LogP contribution in [0.5, 0.6) is 0 Å². The molecule has 0 radical (unpaired) electrons. The number of benzene rings is 1. The number of nitrogens with zero attached hydrogens (tertiary/aromatic N) is 1. The van der Waals surface area contributed by atoms with E-state index in [1.807, 2.05) is 0 Å². The fourth-order valence-corrected chi connectivity index (χ4v) is 3.14. The zero-order valence-electron chi connectivity index (χ0n) is 14.1. The number of halogens is 5. The molecule has 2 atom stereocenters. The fourth-order valence-electron chi connectivity index (χ4n) is 3.14. The predicted octanol–water partition coefficient (Wildman–Crippen LogP) is 3.54. The summed E-state index contributed by atoms with van der Waals surface area (Å²) in [7, 11) is 0. The number of rotatable bonds is 3. The number of alkyl halides is 3. The fraction of sp³-hybridized carbons (Fsp3) is 0.333. The average Bonchev–Trinajstić information content (AvgIpc) is 2.62. The molecule has 0 spiro atoms. The van der Waals surface area contributed by atoms with E-state index in [0.717, 1.165) is 23.9 Å². The van der Waals surface area contributed by atoms with Crippen molar-refractivity contribution in [2.24, 2.45) is 0 Å². The second-order valence-electron chi connectivity index (χ2n) is 6.13. The molecule has 1 aromatic heterocycles. The second kappa shape index (κ2) is 8.67. The van der Waals surface area contributed by atoms with Gasteiger partial charge in [0.15, 0.2) is 0 Å². The molecule has 1 aliphatic heterocycles. The number of aromatic nitrogens is 1. The van der Waals surface area contributed by atoms with Crippen LogP contribution in [0.1, 0.15) is 34.0 Å². The highest BCUT2D eigenvalue weighted by atomic mass is 35.5. The SMILES string of the molecule is Cl.O=C(N[C@@H]1CCNC[C@@H]1c1ccc(F)cc1)c1ncccc1C(F)(F)F. The molecule has 1 fully saturated rings. The second-order valence-corrected chi connectivity index (χ2v) is 6.13. The van der Waals surface area contributed by atoms with Gasteiger partial charge in [-0.05, 0) is 42.8 Å². The van der Waals surface area contributed by atoms with Crippen molar-refractivity contribution >= 4 is 18.3 Å². The first-order valence-corrected chi connectivity index (χ1v) is 8.15. The largest absolute Gasteiger partial charge is 0.418 e. The van der Waals surface area contributed by atoms with Crippen molar-refractivity contribution in [3.63, 3.8) is 0 Å². The monoisotopic (exact) mass is 403 g/mol. The molecule has 2 heterocycles. The summed E-state index contributed by atoms with van der Waals surface area (Å²) in [5, 5.41) is 5.86. The van der Waals surface area contributed by atoms with Crippen LogP contribution in [0.15, 0.2) is 42.6 Å². The van der Waals surface area contributed by atoms with Gasteiger partial charge in [0.25, 0.3) is 5.91 Å². The third-order valence-electron chi connectivity index (χ3n) is 4.42. The molecule has 27 heavy (non-hydrogen) atoms. The molecule has 0 aliphatic carbocycles. The van der Waals surface area contributed by atoms with E-state index >= 15 is 0 Å². The highest BCUT2D eigenvalue weighted by Crippen LogP contribution is 2.31. The maximum absolute atomic E-state index is 13.1. The summed E-state index contributed by atoms with van der Waals surface area (Å²) >= 11 is 0. The molecule has 9 heteroatoms. The van der Waals surface area contributed by atoms with Crippen LogP contribution in [0.2, 0.25) is 0 Å². The Kier molecular flexibility index (Phi) is 6.78. The molecule has 2 N–H and O–H groups in total. The number of carbonyl (C=O) groups excluding carboxylic acids is 1. The Morgan fingerprint density at radius 3 is 2.56 bits per heavy atom. The van der Waals surface area contributed by atoms with E-state index in [2.05, 4.69) is 15.6 Å². The van der Waals surface area contributed by atoms with Gasteiger partial charge in [-0.25, -0.2) is 4.39 Å². The molecule has 1 aliphatic rings. The first-order chi connectivity index (χ1) is 12.4. The van der Waals surface area contributed by atoms with Crippen molar-refractivity contribution < 1.29 is 22.4 Å². The summed E-state index contributed by atoms with van der Waals surface area (Å²) in [4.78, 5) is 16.1. The molecule has 1 saturated heterocycles. The number of hydrogen-bond donors (Lipinski definition) is 2. The highest BCUT2D eigenvalue weighted by molar-refractivity contribution is 5.94. The summed E-state index contributed by atoms with van der Waals surface area (Å²) in [6.07, 6.45) is -2.96. The van der Waals surface area contributed by atoms with E-state index in [0.29, 0.717) is 19.5 Å². The van der Waals surface area contributed by atoms with Crippen LogP contribution in [-0.2, 0) is 6.18 Å². The zero-order valence-corrected chi connectivity index (χ0v) is 14.9. The van der Waals surface area contributed by atoms with Crippen LogP contribution in [0.25, 0.3) is 0 Å². The lowest BCUT2D eigenvalue weighted by Gasteiger charge is -2.33. The first kappa shape index (κ1) is 21.1. The van der Waals surface area contributed by atoms with Gasteiger partial charge in [-0.2, -0.15) is 13.2 Å². The lowest BCUT2D eigenvalue weighted by atomic mass is 9.86. The lowest BCUT2D eigenvalue weighted by Crippen LogP contribution is -2.48. The molecular formula is C18H18ClF4N3O. The predicted molar refractivity (Wildman–Crippen MR) is 94.4 cm³/mol. The van der Waals surface area contributed by atoms with Crippen molar-refractivity contribution in [1.29, 1.82) is 0 Å². The molecule has 1 aromatic carbocycles. The Bertz CT molecular complexity index is 783. The van der Waals surface area contributed by atoms with Crippen LogP contribution in [0.3, 0.4) is 0 Å². The van der Waals surface area contributed by atoms with Crippen LogP contribution in [-0.4, -0.2) is 30.0 Å². The number of hydrogen-bond acceptors (Lipinski definition) is 3. The van der Waals surface area contributed by atoms with Crippen molar-refractivity contribution in [2.75, 3.05) is 13.1 Å². The third-order valence-corrected chi connectivity index (χ3v) is 4.42. The standard InChI is InChI=1S/C18H17F4N3O.ClH/c19-12-5-3-11(4-6-12)13-10-23-9-7-15(13)25-17(26)16-14(18(20,21)22)2-1-8-24-16;/h1-6,8,13,15,23H,7,9-10H2,(H,25,26);1H/t13-,15-;/m1./s1. The maximum Gasteiger partial charge on any atom is 0.418 e. The minimum atomic E-state index is -4.66. The third kappa shape index (κ3) is 4.95. The molecule has 2 aromatic rings. The minimum absolute atomic E-state index is 0. The average molecular weight is 404 g/mol. The first-order valence-electron chi connectivity index (χ1n) is 8.15. The number of piperidine rings is 1. The van der Waals surface area contributed by atoms with Gasteiger partial charge in [-0.15, -0.1) is 12.4 Å². The van der Waals surface area contributed by atoms with Gasteiger partial charge in [0.1, 0.15) is 11.5 Å². The van der Waals surface area contributed by atoms with Gasteiger partial charge in [-0.1, -0.05) is 12.1 Å². The van der Waals surface area contributed by atoms with Crippen LogP contribution in [0, 0.1) is 5.82 Å². The molecule has 146 valence electrons. The van der Waals surface area contributed by atoms with E-state index in [-0.39, 0.29) is 30.2 Å². The van der Waals surface area contributed by atoms with Crippen molar-refractivity contribution in [3.05, 3.63) is 65.2 Å². The zero-order chi connectivity index (χ0) is 18.7. The Labute approximate surface area is 159 Å². The van der Waals surface area contributed by atoms with E-state index in [1.165, 1.54) is 12.1 Å². The maximum atomic E-state index is 13.1. The summed E-state index contributed by atoms with van der Waals surface area (Å²) in [5.74, 6) is -1.41. The molecule has 0 unspecified atom stereocenters. The normalized spacial score (nSPS) is 19.9. The van der Waals surface area contributed by atoms with Gasteiger partial charge in [0, 0.05) is 24.7 Å². The smallest absolute Gasteiger partial charge is 0.347 e. The summed E-state index contributed by atoms with van der Waals surface area (Å²) in [5.41, 5.74) is -0.901. The molecule has 3 rings (SSSR count). The molecule has 4 nitrogen and oxygen atoms in total. The van der Waals surface area contributed by atoms with E-state index in [1.54, 1.807) is 12.1 Å². The highest BCUT2D eigenvalue weighted by Gasteiger charge is 2.37. The summed E-state index contributed by atoms with van der Waals surface area (Å²) in [6, 6.07) is 7.49. The van der Waals surface area contributed by atoms with E-state index < -0.39 is 23.3 Å². The molecule has 0 bridgehead atoms. The lowest BCUT2D eigenvalue weighted by molar-refractivity contribution is -0.138. The molecule has 1 amide bonds. The van der Waals surface area contributed by atoms with Gasteiger partial charge < -0.3 is 10.6 Å². The summed E-state index contributed by atoms with van der Waals surface area (Å²) < 4.78 is 52.4. The van der Waals surface area contributed by atoms with Gasteiger partial charge >= 0.3 is 6.18 Å². The summed E-state index contributed by atoms with van der Waals surface area (Å²) in [6.45, 7) is 1.15. The number of carbonyl (C=O) groups is 1. The van der Waals surface area contributed by atoms with Crippen LogP contribution in [0.4, 0.5) is 17.6 Å². The Morgan fingerprint density at radius 2 is 1.89 bits per heavy atom. The topological polar surface area (TPSA) is 54.0 Å². The minimum Gasteiger partial charge on any atom is -0.347 e. The number of amides is 1. The number of pyridine rings is 1. The van der Waals surface area contributed by atoms with Crippen molar-refractivity contribution in [2.45, 2.75) is 24.6 Å². The Hall–Kier alpha value is -2.19.